The minimum Gasteiger partial charge on any atom is -0.382 e. The second kappa shape index (κ2) is 9.23. The highest BCUT2D eigenvalue weighted by molar-refractivity contribution is 7.47. The summed E-state index contributed by atoms with van der Waals surface area (Å²) in [6, 6.07) is 0. The van der Waals surface area contributed by atoms with Crippen LogP contribution < -0.4 is 0 Å². The maximum atomic E-state index is 10.9. The van der Waals surface area contributed by atoms with Crippen LogP contribution in [0.5, 0.6) is 0 Å². The molecule has 0 aliphatic rings. The fourth-order valence-corrected chi connectivity index (χ4v) is 1.20. The molecule has 0 fully saturated rings. The van der Waals surface area contributed by atoms with Crippen LogP contribution in [0.25, 0.3) is 0 Å². The van der Waals surface area contributed by atoms with Crippen molar-refractivity contribution in [1.29, 1.82) is 0 Å². The SMILES string of the molecule is CCOP(=O)(O)OOCCOCCOC. The molecular weight excluding hydrogens is 227 g/mol. The van der Waals surface area contributed by atoms with Crippen molar-refractivity contribution < 1.29 is 33.0 Å². The van der Waals surface area contributed by atoms with E-state index in [1.165, 1.54) is 0 Å². The number of phosphoric acid groups is 1. The molecule has 0 saturated carbocycles. The Morgan fingerprint density at radius 2 is 1.87 bits per heavy atom. The summed E-state index contributed by atoms with van der Waals surface area (Å²) in [4.78, 5) is 13.3. The molecule has 1 unspecified atom stereocenters. The highest BCUT2D eigenvalue weighted by Crippen LogP contribution is 2.42. The molecule has 0 aromatic carbocycles. The maximum absolute atomic E-state index is 10.9. The number of methoxy groups -OCH3 is 1. The molecule has 0 spiro atoms. The number of phosphoric ester groups is 1. The van der Waals surface area contributed by atoms with Gasteiger partial charge in [0.1, 0.15) is 6.61 Å². The first kappa shape index (κ1) is 15.0. The number of hydrogen-bond donors (Lipinski definition) is 1. The predicted molar refractivity (Wildman–Crippen MR) is 51.2 cm³/mol. The molecule has 92 valence electrons. The van der Waals surface area contributed by atoms with E-state index in [0.29, 0.717) is 13.2 Å². The third kappa shape index (κ3) is 10.3. The van der Waals surface area contributed by atoms with Gasteiger partial charge in [0.2, 0.25) is 0 Å². The van der Waals surface area contributed by atoms with Crippen LogP contribution in [0.2, 0.25) is 0 Å². The Labute approximate surface area is 88.8 Å². The molecule has 0 amide bonds. The van der Waals surface area contributed by atoms with Crippen molar-refractivity contribution in [3.63, 3.8) is 0 Å². The van der Waals surface area contributed by atoms with Crippen LogP contribution in [0.3, 0.4) is 0 Å². The first-order chi connectivity index (χ1) is 7.12. The smallest absolute Gasteiger partial charge is 0.382 e. The lowest BCUT2D eigenvalue weighted by atomic mass is 10.7. The van der Waals surface area contributed by atoms with E-state index in [2.05, 4.69) is 14.1 Å². The number of hydrogen-bond acceptors (Lipinski definition) is 6. The van der Waals surface area contributed by atoms with Gasteiger partial charge in [-0.15, -0.1) is 4.67 Å². The van der Waals surface area contributed by atoms with Crippen LogP contribution >= 0.6 is 7.82 Å². The lowest BCUT2D eigenvalue weighted by Gasteiger charge is -2.09. The van der Waals surface area contributed by atoms with Gasteiger partial charge in [-0.2, -0.15) is 0 Å². The Hall–Kier alpha value is -0.0100. The minimum atomic E-state index is -4.06. The third-order valence-electron chi connectivity index (χ3n) is 1.18. The second-order valence-electron chi connectivity index (χ2n) is 2.39. The van der Waals surface area contributed by atoms with Crippen molar-refractivity contribution in [3.8, 4) is 0 Å². The van der Waals surface area contributed by atoms with Crippen LogP contribution in [0.15, 0.2) is 0 Å². The highest BCUT2D eigenvalue weighted by atomic mass is 31.2. The molecule has 0 radical (unpaired) electrons. The van der Waals surface area contributed by atoms with Gasteiger partial charge in [0, 0.05) is 7.11 Å². The van der Waals surface area contributed by atoms with Gasteiger partial charge in [0.05, 0.1) is 26.4 Å². The molecule has 15 heavy (non-hydrogen) atoms. The molecule has 0 aliphatic heterocycles. The zero-order valence-electron chi connectivity index (χ0n) is 8.88. The zero-order valence-corrected chi connectivity index (χ0v) is 9.77. The summed E-state index contributed by atoms with van der Waals surface area (Å²) in [6.07, 6.45) is 0. The average molecular weight is 244 g/mol. The van der Waals surface area contributed by atoms with Gasteiger partial charge in [-0.1, -0.05) is 0 Å². The Morgan fingerprint density at radius 1 is 1.20 bits per heavy atom. The molecule has 0 heterocycles. The third-order valence-corrected chi connectivity index (χ3v) is 2.06. The molecule has 0 bridgehead atoms. The Bertz CT molecular complexity index is 186. The topological polar surface area (TPSA) is 83.5 Å². The van der Waals surface area contributed by atoms with Crippen molar-refractivity contribution in [2.75, 3.05) is 40.1 Å². The van der Waals surface area contributed by atoms with E-state index in [9.17, 15) is 4.57 Å². The van der Waals surface area contributed by atoms with Gasteiger partial charge in [-0.25, -0.2) is 9.45 Å². The molecule has 0 aromatic heterocycles. The highest BCUT2D eigenvalue weighted by Gasteiger charge is 2.21. The summed E-state index contributed by atoms with van der Waals surface area (Å²) >= 11 is 0. The quantitative estimate of drug-likeness (QED) is 0.262. The Balaban J connectivity index is 3.26. The monoisotopic (exact) mass is 244 g/mol. The first-order valence-electron chi connectivity index (χ1n) is 4.47. The Kier molecular flexibility index (Phi) is 9.23. The largest absolute Gasteiger partial charge is 0.499 e. The van der Waals surface area contributed by atoms with Gasteiger partial charge in [-0.05, 0) is 6.92 Å². The lowest BCUT2D eigenvalue weighted by molar-refractivity contribution is -0.231. The normalized spacial score (nSPS) is 15.1. The van der Waals surface area contributed by atoms with Crippen molar-refractivity contribution in [2.24, 2.45) is 0 Å². The van der Waals surface area contributed by atoms with E-state index in [-0.39, 0.29) is 19.8 Å². The van der Waals surface area contributed by atoms with Gasteiger partial charge >= 0.3 is 7.82 Å². The van der Waals surface area contributed by atoms with E-state index >= 15 is 0 Å². The molecule has 0 saturated heterocycles. The lowest BCUT2D eigenvalue weighted by Crippen LogP contribution is -2.08. The summed E-state index contributed by atoms with van der Waals surface area (Å²) < 4.78 is 29.1. The van der Waals surface area contributed by atoms with Gasteiger partial charge in [0.15, 0.2) is 0 Å². The molecule has 1 atom stereocenters. The fraction of sp³-hybridized carbons (Fsp3) is 1.00. The number of ether oxygens (including phenoxy) is 2. The second-order valence-corrected chi connectivity index (χ2v) is 3.73. The van der Waals surface area contributed by atoms with Crippen LogP contribution in [-0.4, -0.2) is 45.0 Å². The zero-order chi connectivity index (χ0) is 11.6. The molecule has 1 N–H and O–H groups in total. The van der Waals surface area contributed by atoms with Crippen molar-refractivity contribution >= 4 is 7.82 Å². The summed E-state index contributed by atoms with van der Waals surface area (Å²) in [6.45, 7) is 2.85. The van der Waals surface area contributed by atoms with E-state index in [4.69, 9.17) is 14.4 Å². The molecular formula is C7H17O7P. The van der Waals surface area contributed by atoms with Gasteiger partial charge in [-0.3, -0.25) is 4.52 Å². The van der Waals surface area contributed by atoms with Gasteiger partial charge < -0.3 is 14.4 Å². The van der Waals surface area contributed by atoms with Crippen molar-refractivity contribution in [1.82, 2.24) is 0 Å². The van der Waals surface area contributed by atoms with Crippen molar-refractivity contribution in [2.45, 2.75) is 6.92 Å². The summed E-state index contributed by atoms with van der Waals surface area (Å²) in [5, 5.41) is 0. The van der Waals surface area contributed by atoms with Crippen LogP contribution in [0.1, 0.15) is 6.92 Å². The van der Waals surface area contributed by atoms with Crippen molar-refractivity contribution in [3.05, 3.63) is 0 Å². The summed E-state index contributed by atoms with van der Waals surface area (Å²) in [5.74, 6) is 0. The van der Waals surface area contributed by atoms with Crippen LogP contribution in [0, 0.1) is 0 Å². The first-order valence-corrected chi connectivity index (χ1v) is 5.97. The molecule has 0 rings (SSSR count). The number of rotatable bonds is 10. The van der Waals surface area contributed by atoms with E-state index in [1.807, 2.05) is 0 Å². The standard InChI is InChI=1S/C7H17O7P/c1-3-13-15(8,9)14-12-7-6-11-5-4-10-2/h3-7H2,1-2H3,(H,8,9). The maximum Gasteiger partial charge on any atom is 0.499 e. The molecule has 0 aliphatic carbocycles. The summed E-state index contributed by atoms with van der Waals surface area (Å²) in [5.41, 5.74) is 0. The molecule has 7 nitrogen and oxygen atoms in total. The van der Waals surface area contributed by atoms with E-state index in [0.717, 1.165) is 0 Å². The molecule has 8 heteroatoms. The van der Waals surface area contributed by atoms with E-state index in [1.54, 1.807) is 14.0 Å². The van der Waals surface area contributed by atoms with Crippen LogP contribution in [-0.2, 0) is 28.1 Å². The van der Waals surface area contributed by atoms with Crippen LogP contribution in [0.4, 0.5) is 0 Å². The summed E-state index contributed by atoms with van der Waals surface area (Å²) in [7, 11) is -2.49. The Morgan fingerprint density at radius 3 is 2.47 bits per heavy atom. The molecule has 0 aromatic rings. The average Bonchev–Trinajstić information content (AvgIpc) is 2.16. The fourth-order valence-electron chi connectivity index (χ4n) is 0.626. The predicted octanol–water partition coefficient (Wildman–Crippen LogP) is 0.734. The minimum absolute atomic E-state index is 0.0430. The van der Waals surface area contributed by atoms with E-state index < -0.39 is 7.82 Å². The van der Waals surface area contributed by atoms with Gasteiger partial charge in [0.25, 0.3) is 0 Å².